The van der Waals surface area contributed by atoms with Crippen LogP contribution in [0.4, 0.5) is 0 Å². The maximum Gasteiger partial charge on any atom is 0.259 e. The monoisotopic (exact) mass is 352 g/mol. The Kier molecular flexibility index (Phi) is 5.50. The van der Waals surface area contributed by atoms with E-state index in [-0.39, 0.29) is 23.7 Å². The van der Waals surface area contributed by atoms with Crippen LogP contribution in [0.1, 0.15) is 61.3 Å². The quantitative estimate of drug-likeness (QED) is 0.862. The van der Waals surface area contributed by atoms with Gasteiger partial charge < -0.3 is 15.6 Å². The normalized spacial score (nSPS) is 14.5. The molecule has 0 spiro atoms. The number of hydrogen-bond donors (Lipinski definition) is 2. The van der Waals surface area contributed by atoms with Crippen molar-refractivity contribution in [1.29, 1.82) is 0 Å². The Bertz CT molecular complexity index is 732. The van der Waals surface area contributed by atoms with E-state index in [0.29, 0.717) is 30.3 Å². The average Bonchev–Trinajstić information content (AvgIpc) is 3.26. The molecule has 0 aromatic carbocycles. The summed E-state index contributed by atoms with van der Waals surface area (Å²) in [4.78, 5) is 17.1. The molecule has 0 radical (unpaired) electrons. The number of amides is 1. The number of halogens is 1. The molecule has 7 heteroatoms. The molecule has 3 N–H and O–H groups in total. The minimum absolute atomic E-state index is 0. The van der Waals surface area contributed by atoms with E-state index in [9.17, 15) is 4.79 Å². The van der Waals surface area contributed by atoms with Crippen molar-refractivity contribution >= 4 is 29.4 Å². The van der Waals surface area contributed by atoms with Gasteiger partial charge in [0.2, 0.25) is 0 Å². The lowest BCUT2D eigenvalue weighted by atomic mass is 9.89. The summed E-state index contributed by atoms with van der Waals surface area (Å²) in [7, 11) is 0. The Labute approximate surface area is 148 Å². The first-order chi connectivity index (χ1) is 10.9. The van der Waals surface area contributed by atoms with Gasteiger partial charge in [0.25, 0.3) is 11.6 Å². The Morgan fingerprint density at radius 1 is 1.42 bits per heavy atom. The molecular weight excluding hydrogens is 328 g/mol. The minimum Gasteiger partial charge on any atom is -0.351 e. The number of nitrogens with zero attached hydrogens (tertiary/aromatic N) is 2. The first-order valence-corrected chi connectivity index (χ1v) is 8.16. The summed E-state index contributed by atoms with van der Waals surface area (Å²) < 4.78 is 5.44. The second kappa shape index (κ2) is 7.07. The number of nitrogens with two attached hydrogens (primary N) is 1. The molecule has 24 heavy (non-hydrogen) atoms. The van der Waals surface area contributed by atoms with Gasteiger partial charge in [-0.3, -0.25) is 4.79 Å². The summed E-state index contributed by atoms with van der Waals surface area (Å²) in [6.45, 7) is 7.25. The second-order valence-electron chi connectivity index (χ2n) is 7.46. The number of pyridine rings is 1. The molecule has 1 aliphatic carbocycles. The van der Waals surface area contributed by atoms with Gasteiger partial charge in [-0.15, -0.1) is 12.4 Å². The largest absolute Gasteiger partial charge is 0.351 e. The van der Waals surface area contributed by atoms with Crippen molar-refractivity contribution < 1.29 is 9.32 Å². The topological polar surface area (TPSA) is 94.0 Å². The van der Waals surface area contributed by atoms with Gasteiger partial charge in [-0.1, -0.05) is 25.9 Å². The molecule has 132 valence electrons. The molecule has 0 atom stereocenters. The smallest absolute Gasteiger partial charge is 0.259 e. The van der Waals surface area contributed by atoms with Crippen molar-refractivity contribution in [2.75, 3.05) is 13.1 Å². The van der Waals surface area contributed by atoms with Gasteiger partial charge in [-0.05, 0) is 30.7 Å². The molecule has 1 saturated carbocycles. The van der Waals surface area contributed by atoms with Crippen LogP contribution < -0.4 is 11.1 Å². The fraction of sp³-hybridized carbons (Fsp3) is 0.588. The molecular formula is C17H25ClN4O2. The van der Waals surface area contributed by atoms with Gasteiger partial charge in [0.05, 0.1) is 16.6 Å². The van der Waals surface area contributed by atoms with Crippen LogP contribution in [0.2, 0.25) is 0 Å². The molecule has 0 saturated heterocycles. The van der Waals surface area contributed by atoms with Gasteiger partial charge in [-0.2, -0.15) is 0 Å². The van der Waals surface area contributed by atoms with E-state index in [2.05, 4.69) is 36.2 Å². The summed E-state index contributed by atoms with van der Waals surface area (Å²) in [6.07, 6.45) is 2.96. The summed E-state index contributed by atoms with van der Waals surface area (Å²) in [5.41, 5.74) is 8.32. The zero-order valence-corrected chi connectivity index (χ0v) is 15.2. The highest BCUT2D eigenvalue weighted by atomic mass is 35.5. The summed E-state index contributed by atoms with van der Waals surface area (Å²) >= 11 is 0. The molecule has 1 aliphatic rings. The second-order valence-corrected chi connectivity index (χ2v) is 7.46. The molecule has 3 rings (SSSR count). The zero-order chi connectivity index (χ0) is 16.6. The lowest BCUT2D eigenvalue weighted by Gasteiger charge is -2.16. The van der Waals surface area contributed by atoms with E-state index in [1.54, 1.807) is 0 Å². The zero-order valence-electron chi connectivity index (χ0n) is 14.4. The first-order valence-electron chi connectivity index (χ1n) is 8.16. The van der Waals surface area contributed by atoms with E-state index in [1.807, 2.05) is 6.07 Å². The van der Waals surface area contributed by atoms with E-state index in [0.717, 1.165) is 36.0 Å². The minimum atomic E-state index is -0.136. The summed E-state index contributed by atoms with van der Waals surface area (Å²) in [5.74, 6) is 0.305. The fourth-order valence-electron chi connectivity index (χ4n) is 2.70. The molecule has 0 unspecified atom stereocenters. The third-order valence-corrected chi connectivity index (χ3v) is 3.90. The Morgan fingerprint density at radius 2 is 2.12 bits per heavy atom. The maximum atomic E-state index is 12.6. The van der Waals surface area contributed by atoms with Crippen molar-refractivity contribution in [1.82, 2.24) is 15.5 Å². The lowest BCUT2D eigenvalue weighted by molar-refractivity contribution is 0.0956. The molecule has 2 heterocycles. The van der Waals surface area contributed by atoms with Crippen LogP contribution in [0.3, 0.4) is 0 Å². The highest BCUT2D eigenvalue weighted by Crippen LogP contribution is 2.40. The van der Waals surface area contributed by atoms with Crippen LogP contribution in [0.25, 0.3) is 11.1 Å². The van der Waals surface area contributed by atoms with Crippen molar-refractivity contribution in [2.24, 2.45) is 11.1 Å². The number of nitrogens with one attached hydrogen (secondary N) is 1. The lowest BCUT2D eigenvalue weighted by Crippen LogP contribution is -2.29. The third kappa shape index (κ3) is 4.05. The van der Waals surface area contributed by atoms with Gasteiger partial charge in [-0.25, -0.2) is 4.98 Å². The number of hydrogen-bond acceptors (Lipinski definition) is 5. The van der Waals surface area contributed by atoms with Crippen LogP contribution in [0, 0.1) is 5.41 Å². The van der Waals surface area contributed by atoms with Crippen molar-refractivity contribution in [2.45, 2.75) is 46.0 Å². The van der Waals surface area contributed by atoms with E-state index >= 15 is 0 Å². The number of rotatable bonds is 5. The molecule has 1 amide bonds. The van der Waals surface area contributed by atoms with Crippen LogP contribution in [0.15, 0.2) is 10.6 Å². The molecule has 2 aromatic heterocycles. The average molecular weight is 353 g/mol. The van der Waals surface area contributed by atoms with Crippen molar-refractivity contribution in [3.8, 4) is 0 Å². The highest BCUT2D eigenvalue weighted by molar-refractivity contribution is 6.06. The molecule has 6 nitrogen and oxygen atoms in total. The first kappa shape index (κ1) is 18.7. The van der Waals surface area contributed by atoms with E-state index in [4.69, 9.17) is 10.3 Å². The molecule has 2 aromatic rings. The number of aromatic nitrogens is 2. The standard InChI is InChI=1S/C17H24N4O2.ClH/c1-17(2,3)9-13-14-11(15(22)19-7-6-18)8-12(10-4-5-10)20-16(14)23-21-13;/h8,10H,4-7,9,18H2,1-3H3,(H,19,22);1H. The fourth-order valence-corrected chi connectivity index (χ4v) is 2.70. The van der Waals surface area contributed by atoms with Crippen LogP contribution in [-0.4, -0.2) is 29.1 Å². The molecule has 0 aliphatic heterocycles. The van der Waals surface area contributed by atoms with E-state index in [1.165, 1.54) is 0 Å². The molecule has 1 fully saturated rings. The predicted octanol–water partition coefficient (Wildman–Crippen LogP) is 2.80. The number of carbonyl (C=O) groups is 1. The van der Waals surface area contributed by atoms with Gasteiger partial charge in [0.1, 0.15) is 0 Å². The number of fused-ring (bicyclic) bond motifs is 1. The van der Waals surface area contributed by atoms with Crippen LogP contribution >= 0.6 is 12.4 Å². The Morgan fingerprint density at radius 3 is 2.71 bits per heavy atom. The van der Waals surface area contributed by atoms with Gasteiger partial charge >= 0.3 is 0 Å². The summed E-state index contributed by atoms with van der Waals surface area (Å²) in [6, 6.07) is 1.90. The van der Waals surface area contributed by atoms with Crippen molar-refractivity contribution in [3.05, 3.63) is 23.0 Å². The predicted molar refractivity (Wildman–Crippen MR) is 95.6 cm³/mol. The highest BCUT2D eigenvalue weighted by Gasteiger charge is 2.29. The van der Waals surface area contributed by atoms with Gasteiger partial charge in [0.15, 0.2) is 0 Å². The third-order valence-electron chi connectivity index (χ3n) is 3.90. The SMILES string of the molecule is CC(C)(C)Cc1noc2nc(C3CC3)cc(C(=O)NCCN)c12.Cl. The number of carbonyl (C=O) groups excluding carboxylic acids is 1. The maximum absolute atomic E-state index is 12.6. The Hall–Kier alpha value is -1.66. The van der Waals surface area contributed by atoms with Crippen molar-refractivity contribution in [3.63, 3.8) is 0 Å². The van der Waals surface area contributed by atoms with Crippen LogP contribution in [0.5, 0.6) is 0 Å². The molecule has 0 bridgehead atoms. The van der Waals surface area contributed by atoms with E-state index < -0.39 is 0 Å². The van der Waals surface area contributed by atoms with Gasteiger partial charge in [0, 0.05) is 24.7 Å². The van der Waals surface area contributed by atoms with Crippen LogP contribution in [-0.2, 0) is 6.42 Å². The Balaban J connectivity index is 0.00000208. The summed E-state index contributed by atoms with van der Waals surface area (Å²) in [5, 5.41) is 7.76.